The zero-order chi connectivity index (χ0) is 11.3. The molecule has 0 saturated carbocycles. The van der Waals surface area contributed by atoms with Crippen LogP contribution in [-0.2, 0) is 20.4 Å². The van der Waals surface area contributed by atoms with E-state index in [1.165, 1.54) is 6.92 Å². The van der Waals surface area contributed by atoms with Crippen LogP contribution in [0.3, 0.4) is 0 Å². The molecule has 0 bridgehead atoms. The first-order valence-corrected chi connectivity index (χ1v) is 5.65. The predicted octanol–water partition coefficient (Wildman–Crippen LogP) is 0.457. The van der Waals surface area contributed by atoms with Crippen molar-refractivity contribution in [3.8, 4) is 0 Å². The summed E-state index contributed by atoms with van der Waals surface area (Å²) in [7, 11) is -1.39. The van der Waals surface area contributed by atoms with Gasteiger partial charge in [-0.2, -0.15) is 0 Å². The maximum atomic E-state index is 11.6. The Morgan fingerprint density at radius 1 is 1.27 bits per heavy atom. The maximum Gasteiger partial charge on any atom is 0.239 e. The molecule has 1 rings (SSSR count). The SMILES string of the molecule is CC(=O)NC(=O)CS(=O)c1ccccc1. The molecule has 1 aromatic rings. The summed E-state index contributed by atoms with van der Waals surface area (Å²) >= 11 is 0. The molecular weight excluding hydrogens is 214 g/mol. The molecule has 5 heteroatoms. The highest BCUT2D eigenvalue weighted by atomic mass is 32.2. The van der Waals surface area contributed by atoms with Crippen LogP contribution in [0.15, 0.2) is 35.2 Å². The fraction of sp³-hybridized carbons (Fsp3) is 0.200. The lowest BCUT2D eigenvalue weighted by atomic mass is 10.4. The lowest BCUT2D eigenvalue weighted by Gasteiger charge is -2.01. The Morgan fingerprint density at radius 2 is 1.87 bits per heavy atom. The number of nitrogens with one attached hydrogen (secondary N) is 1. The van der Waals surface area contributed by atoms with E-state index in [-0.39, 0.29) is 5.75 Å². The van der Waals surface area contributed by atoms with Gasteiger partial charge in [-0.3, -0.25) is 19.1 Å². The second kappa shape index (κ2) is 5.41. The minimum absolute atomic E-state index is 0.191. The third-order valence-electron chi connectivity index (χ3n) is 1.58. The Morgan fingerprint density at radius 3 is 2.40 bits per heavy atom. The fourth-order valence-corrected chi connectivity index (χ4v) is 1.94. The molecule has 80 valence electrons. The van der Waals surface area contributed by atoms with Gasteiger partial charge in [-0.25, -0.2) is 0 Å². The molecule has 15 heavy (non-hydrogen) atoms. The molecule has 0 aliphatic heterocycles. The van der Waals surface area contributed by atoms with Gasteiger partial charge in [0.15, 0.2) is 0 Å². The number of hydrogen-bond donors (Lipinski definition) is 1. The van der Waals surface area contributed by atoms with Crippen molar-refractivity contribution < 1.29 is 13.8 Å². The normalized spacial score (nSPS) is 11.8. The average Bonchev–Trinajstić information content (AvgIpc) is 2.17. The van der Waals surface area contributed by atoms with E-state index in [1.807, 2.05) is 0 Å². The van der Waals surface area contributed by atoms with Gasteiger partial charge < -0.3 is 0 Å². The van der Waals surface area contributed by atoms with Crippen LogP contribution in [0.25, 0.3) is 0 Å². The standard InChI is InChI=1S/C10H11NO3S/c1-8(12)11-10(13)7-15(14)9-5-3-2-4-6-9/h2-6H,7H2,1H3,(H,11,12,13). The average molecular weight is 225 g/mol. The Labute approximate surface area is 90.1 Å². The van der Waals surface area contributed by atoms with E-state index in [2.05, 4.69) is 5.32 Å². The summed E-state index contributed by atoms with van der Waals surface area (Å²) in [5.74, 6) is -1.15. The molecule has 0 heterocycles. The summed E-state index contributed by atoms with van der Waals surface area (Å²) in [6.07, 6.45) is 0. The third kappa shape index (κ3) is 4.03. The van der Waals surface area contributed by atoms with Crippen LogP contribution >= 0.6 is 0 Å². The summed E-state index contributed by atoms with van der Waals surface area (Å²) in [6.45, 7) is 1.24. The monoisotopic (exact) mass is 225 g/mol. The first kappa shape index (κ1) is 11.6. The number of carbonyl (C=O) groups excluding carboxylic acids is 2. The molecule has 0 fully saturated rings. The Balaban J connectivity index is 2.57. The topological polar surface area (TPSA) is 63.2 Å². The van der Waals surface area contributed by atoms with Crippen molar-refractivity contribution >= 4 is 22.6 Å². The van der Waals surface area contributed by atoms with E-state index in [0.717, 1.165) is 0 Å². The number of hydrogen-bond acceptors (Lipinski definition) is 3. The molecule has 0 spiro atoms. The molecule has 2 amide bonds. The van der Waals surface area contributed by atoms with Crippen molar-refractivity contribution in [3.63, 3.8) is 0 Å². The quantitative estimate of drug-likeness (QED) is 0.812. The van der Waals surface area contributed by atoms with E-state index in [9.17, 15) is 13.8 Å². The molecule has 0 aromatic heterocycles. The minimum Gasteiger partial charge on any atom is -0.296 e. The van der Waals surface area contributed by atoms with E-state index in [1.54, 1.807) is 30.3 Å². The fourth-order valence-electron chi connectivity index (χ4n) is 1.01. The van der Waals surface area contributed by atoms with E-state index in [4.69, 9.17) is 0 Å². The van der Waals surface area contributed by atoms with Crippen LogP contribution in [0, 0.1) is 0 Å². The van der Waals surface area contributed by atoms with Gasteiger partial charge in [0.25, 0.3) is 0 Å². The maximum absolute atomic E-state index is 11.6. The van der Waals surface area contributed by atoms with Crippen LogP contribution in [0.5, 0.6) is 0 Å². The van der Waals surface area contributed by atoms with Gasteiger partial charge in [-0.15, -0.1) is 0 Å². The van der Waals surface area contributed by atoms with Crippen LogP contribution in [0.2, 0.25) is 0 Å². The molecule has 0 aliphatic rings. The molecule has 4 nitrogen and oxygen atoms in total. The van der Waals surface area contributed by atoms with Gasteiger partial charge in [0.1, 0.15) is 5.75 Å². The van der Waals surface area contributed by atoms with E-state index >= 15 is 0 Å². The third-order valence-corrected chi connectivity index (χ3v) is 2.91. The van der Waals surface area contributed by atoms with Gasteiger partial charge in [-0.05, 0) is 12.1 Å². The van der Waals surface area contributed by atoms with Crippen molar-refractivity contribution in [3.05, 3.63) is 30.3 Å². The Kier molecular flexibility index (Phi) is 4.17. The zero-order valence-corrected chi connectivity index (χ0v) is 9.04. The van der Waals surface area contributed by atoms with Crippen molar-refractivity contribution in [2.24, 2.45) is 0 Å². The van der Waals surface area contributed by atoms with Gasteiger partial charge in [0, 0.05) is 11.8 Å². The summed E-state index contributed by atoms with van der Waals surface area (Å²) in [6, 6.07) is 8.65. The number of benzene rings is 1. The van der Waals surface area contributed by atoms with Crippen LogP contribution in [-0.4, -0.2) is 21.8 Å². The molecule has 1 atom stereocenters. The van der Waals surface area contributed by atoms with Crippen molar-refractivity contribution in [2.45, 2.75) is 11.8 Å². The van der Waals surface area contributed by atoms with E-state index < -0.39 is 22.6 Å². The summed E-state index contributed by atoms with van der Waals surface area (Å²) in [4.78, 5) is 22.2. The molecule has 0 aliphatic carbocycles. The van der Waals surface area contributed by atoms with E-state index in [0.29, 0.717) is 4.90 Å². The highest BCUT2D eigenvalue weighted by Gasteiger charge is 2.10. The smallest absolute Gasteiger partial charge is 0.239 e. The van der Waals surface area contributed by atoms with Crippen molar-refractivity contribution in [1.82, 2.24) is 5.32 Å². The zero-order valence-electron chi connectivity index (χ0n) is 8.23. The summed E-state index contributed by atoms with van der Waals surface area (Å²) in [5.41, 5.74) is 0. The largest absolute Gasteiger partial charge is 0.296 e. The Hall–Kier alpha value is -1.49. The minimum atomic E-state index is -1.39. The molecule has 0 radical (unpaired) electrons. The van der Waals surface area contributed by atoms with Crippen LogP contribution < -0.4 is 5.32 Å². The lowest BCUT2D eigenvalue weighted by molar-refractivity contribution is -0.127. The first-order valence-electron chi connectivity index (χ1n) is 4.33. The number of imide groups is 1. The highest BCUT2D eigenvalue weighted by molar-refractivity contribution is 7.85. The molecule has 1 aromatic carbocycles. The van der Waals surface area contributed by atoms with Crippen molar-refractivity contribution in [1.29, 1.82) is 0 Å². The van der Waals surface area contributed by atoms with Gasteiger partial charge in [-0.1, -0.05) is 18.2 Å². The number of rotatable bonds is 3. The second-order valence-corrected chi connectivity index (χ2v) is 4.36. The van der Waals surface area contributed by atoms with Crippen LogP contribution in [0.4, 0.5) is 0 Å². The van der Waals surface area contributed by atoms with Gasteiger partial charge in [0.05, 0.1) is 10.8 Å². The molecular formula is C10H11NO3S. The summed E-state index contributed by atoms with van der Waals surface area (Å²) in [5, 5.41) is 2.07. The highest BCUT2D eigenvalue weighted by Crippen LogP contribution is 2.04. The van der Waals surface area contributed by atoms with Gasteiger partial charge in [0.2, 0.25) is 11.8 Å². The molecule has 1 N–H and O–H groups in total. The lowest BCUT2D eigenvalue weighted by Crippen LogP contribution is -2.31. The molecule has 0 saturated heterocycles. The Bertz CT molecular complexity index is 389. The predicted molar refractivity (Wildman–Crippen MR) is 56.5 cm³/mol. The first-order chi connectivity index (χ1) is 7.09. The second-order valence-electron chi connectivity index (χ2n) is 2.91. The molecule has 1 unspecified atom stereocenters. The number of carbonyl (C=O) groups is 2. The van der Waals surface area contributed by atoms with Crippen molar-refractivity contribution in [2.75, 3.05) is 5.75 Å². The number of amides is 2. The van der Waals surface area contributed by atoms with Crippen LogP contribution in [0.1, 0.15) is 6.92 Å². The summed E-state index contributed by atoms with van der Waals surface area (Å²) < 4.78 is 11.6. The van der Waals surface area contributed by atoms with Gasteiger partial charge >= 0.3 is 0 Å².